The first-order valence-electron chi connectivity index (χ1n) is 6.94. The molecule has 1 aromatic rings. The third kappa shape index (κ3) is 4.20. The Morgan fingerprint density at radius 1 is 1.29 bits per heavy atom. The number of carboxylic acid groups (broad SMARTS) is 1. The molecule has 1 heterocycles. The summed E-state index contributed by atoms with van der Waals surface area (Å²) in [7, 11) is 0. The molecule has 1 aromatic heterocycles. The van der Waals surface area contributed by atoms with Crippen LogP contribution in [0.5, 0.6) is 0 Å². The first-order valence-corrected chi connectivity index (χ1v) is 7.76. The monoisotopic (exact) mass is 312 g/mol. The van der Waals surface area contributed by atoms with Crippen molar-refractivity contribution >= 4 is 28.3 Å². The van der Waals surface area contributed by atoms with Crippen molar-refractivity contribution in [2.75, 3.05) is 11.9 Å². The summed E-state index contributed by atoms with van der Waals surface area (Å²) in [5.41, 5.74) is 0.856. The van der Waals surface area contributed by atoms with E-state index in [1.807, 2.05) is 6.92 Å². The Morgan fingerprint density at radius 3 is 2.33 bits per heavy atom. The lowest BCUT2D eigenvalue weighted by Gasteiger charge is -2.29. The standard InChI is InChI=1S/C15H24N2O3S/c1-8(2)15(5,6)7-16-14(20)17-12-11(13(18)19)9(3)10(4)21-12/h8H,7H2,1-6H3,(H,18,19)(H2,16,17,20). The minimum absolute atomic E-state index is 0.0196. The van der Waals surface area contributed by atoms with E-state index < -0.39 is 5.97 Å². The number of aryl methyl sites for hydroxylation is 1. The highest BCUT2D eigenvalue weighted by Gasteiger charge is 2.24. The van der Waals surface area contributed by atoms with Crippen LogP contribution in [0.2, 0.25) is 0 Å². The average Bonchev–Trinajstić information content (AvgIpc) is 2.62. The second kappa shape index (κ2) is 6.47. The summed E-state index contributed by atoms with van der Waals surface area (Å²) in [6.45, 7) is 12.5. The summed E-state index contributed by atoms with van der Waals surface area (Å²) in [5, 5.41) is 15.1. The first kappa shape index (κ1) is 17.5. The lowest BCUT2D eigenvalue weighted by molar-refractivity contribution is 0.0697. The minimum atomic E-state index is -1.02. The molecule has 0 bridgehead atoms. The van der Waals surface area contributed by atoms with E-state index in [2.05, 4.69) is 38.3 Å². The van der Waals surface area contributed by atoms with E-state index in [0.717, 1.165) is 4.88 Å². The van der Waals surface area contributed by atoms with Crippen molar-refractivity contribution in [3.05, 3.63) is 16.0 Å². The number of nitrogens with one attached hydrogen (secondary N) is 2. The van der Waals surface area contributed by atoms with E-state index in [9.17, 15) is 14.7 Å². The van der Waals surface area contributed by atoms with Gasteiger partial charge < -0.3 is 10.4 Å². The molecule has 0 unspecified atom stereocenters. The zero-order valence-electron chi connectivity index (χ0n) is 13.5. The Hall–Kier alpha value is -1.56. The lowest BCUT2D eigenvalue weighted by Crippen LogP contribution is -2.39. The van der Waals surface area contributed by atoms with Gasteiger partial charge in [-0.25, -0.2) is 9.59 Å². The third-order valence-electron chi connectivity index (χ3n) is 4.09. The Bertz CT molecular complexity index is 547. The molecular formula is C15H24N2O3S. The van der Waals surface area contributed by atoms with E-state index in [0.29, 0.717) is 23.0 Å². The smallest absolute Gasteiger partial charge is 0.338 e. The predicted octanol–water partition coefficient (Wildman–Crippen LogP) is 3.87. The van der Waals surface area contributed by atoms with Crippen molar-refractivity contribution in [2.45, 2.75) is 41.5 Å². The second-order valence-electron chi connectivity index (χ2n) is 6.24. The summed E-state index contributed by atoms with van der Waals surface area (Å²) in [6.07, 6.45) is 0. The van der Waals surface area contributed by atoms with Crippen LogP contribution in [0.25, 0.3) is 0 Å². The Balaban J connectivity index is 2.77. The normalized spacial score (nSPS) is 11.6. The van der Waals surface area contributed by atoms with Crippen LogP contribution in [0, 0.1) is 25.2 Å². The van der Waals surface area contributed by atoms with E-state index in [1.54, 1.807) is 6.92 Å². The number of aromatic carboxylic acids is 1. The van der Waals surface area contributed by atoms with Crippen LogP contribution in [-0.2, 0) is 0 Å². The molecule has 0 aromatic carbocycles. The van der Waals surface area contributed by atoms with Crippen LogP contribution in [0.3, 0.4) is 0 Å². The van der Waals surface area contributed by atoms with Crippen molar-refractivity contribution in [2.24, 2.45) is 11.3 Å². The van der Waals surface area contributed by atoms with Gasteiger partial charge in [-0.05, 0) is 30.7 Å². The zero-order valence-corrected chi connectivity index (χ0v) is 14.3. The van der Waals surface area contributed by atoms with E-state index >= 15 is 0 Å². The highest BCUT2D eigenvalue weighted by Crippen LogP contribution is 2.32. The molecule has 21 heavy (non-hydrogen) atoms. The topological polar surface area (TPSA) is 78.4 Å². The quantitative estimate of drug-likeness (QED) is 0.772. The summed E-state index contributed by atoms with van der Waals surface area (Å²) >= 11 is 1.28. The van der Waals surface area contributed by atoms with Crippen LogP contribution >= 0.6 is 11.3 Å². The third-order valence-corrected chi connectivity index (χ3v) is 5.22. The Kier molecular flexibility index (Phi) is 5.39. The number of carbonyl (C=O) groups excluding carboxylic acids is 1. The molecule has 2 amide bonds. The van der Waals surface area contributed by atoms with Crippen molar-refractivity contribution in [3.63, 3.8) is 0 Å². The minimum Gasteiger partial charge on any atom is -0.478 e. The van der Waals surface area contributed by atoms with Crippen LogP contribution in [-0.4, -0.2) is 23.7 Å². The average molecular weight is 312 g/mol. The summed E-state index contributed by atoms with van der Waals surface area (Å²) in [5.74, 6) is -0.590. The van der Waals surface area contributed by atoms with Gasteiger partial charge in [-0.3, -0.25) is 5.32 Å². The molecule has 118 valence electrons. The van der Waals surface area contributed by atoms with Gasteiger partial charge in [0.15, 0.2) is 0 Å². The van der Waals surface area contributed by atoms with Crippen molar-refractivity contribution < 1.29 is 14.7 Å². The summed E-state index contributed by atoms with van der Waals surface area (Å²) < 4.78 is 0. The molecule has 0 saturated heterocycles. The molecule has 0 fully saturated rings. The van der Waals surface area contributed by atoms with Gasteiger partial charge in [-0.1, -0.05) is 27.7 Å². The Labute approximate surface area is 129 Å². The highest BCUT2D eigenvalue weighted by molar-refractivity contribution is 7.16. The second-order valence-corrected chi connectivity index (χ2v) is 7.47. The molecule has 0 aliphatic carbocycles. The van der Waals surface area contributed by atoms with Gasteiger partial charge in [-0.15, -0.1) is 11.3 Å². The Morgan fingerprint density at radius 2 is 1.86 bits per heavy atom. The van der Waals surface area contributed by atoms with Crippen molar-refractivity contribution in [1.29, 1.82) is 0 Å². The maximum atomic E-state index is 12.0. The van der Waals surface area contributed by atoms with Crippen LogP contribution < -0.4 is 10.6 Å². The van der Waals surface area contributed by atoms with E-state index in [4.69, 9.17) is 0 Å². The van der Waals surface area contributed by atoms with Gasteiger partial charge in [0, 0.05) is 11.4 Å². The highest BCUT2D eigenvalue weighted by atomic mass is 32.1. The van der Waals surface area contributed by atoms with Gasteiger partial charge in [0.05, 0.1) is 5.56 Å². The maximum absolute atomic E-state index is 12.0. The fraction of sp³-hybridized carbons (Fsp3) is 0.600. The number of carboxylic acids is 1. The maximum Gasteiger partial charge on any atom is 0.338 e. The van der Waals surface area contributed by atoms with E-state index in [-0.39, 0.29) is 17.0 Å². The molecule has 0 aliphatic rings. The summed E-state index contributed by atoms with van der Waals surface area (Å²) in [6, 6.07) is -0.368. The fourth-order valence-corrected chi connectivity index (χ4v) is 2.68. The first-order chi connectivity index (χ1) is 9.56. The van der Waals surface area contributed by atoms with Gasteiger partial charge >= 0.3 is 12.0 Å². The number of hydrogen-bond acceptors (Lipinski definition) is 3. The molecule has 0 radical (unpaired) electrons. The molecule has 1 rings (SSSR count). The van der Waals surface area contributed by atoms with Crippen LogP contribution in [0.15, 0.2) is 0 Å². The van der Waals surface area contributed by atoms with Gasteiger partial charge in [0.1, 0.15) is 5.00 Å². The van der Waals surface area contributed by atoms with E-state index in [1.165, 1.54) is 11.3 Å². The largest absolute Gasteiger partial charge is 0.478 e. The number of urea groups is 1. The zero-order chi connectivity index (χ0) is 16.4. The fourth-order valence-electron chi connectivity index (χ4n) is 1.63. The number of rotatable bonds is 5. The molecule has 5 nitrogen and oxygen atoms in total. The number of hydrogen-bond donors (Lipinski definition) is 3. The molecule has 0 atom stereocenters. The number of amides is 2. The molecule has 3 N–H and O–H groups in total. The van der Waals surface area contributed by atoms with Crippen LogP contribution in [0.1, 0.15) is 48.5 Å². The number of thiophene rings is 1. The molecule has 0 spiro atoms. The number of carbonyl (C=O) groups is 2. The van der Waals surface area contributed by atoms with Gasteiger partial charge in [-0.2, -0.15) is 0 Å². The van der Waals surface area contributed by atoms with Gasteiger partial charge in [0.2, 0.25) is 0 Å². The molecule has 6 heteroatoms. The number of anilines is 1. The molecule has 0 aliphatic heterocycles. The molecular weight excluding hydrogens is 288 g/mol. The SMILES string of the molecule is Cc1sc(NC(=O)NCC(C)(C)C(C)C)c(C(=O)O)c1C. The predicted molar refractivity (Wildman–Crippen MR) is 86.4 cm³/mol. The molecule has 0 saturated carbocycles. The van der Waals surface area contributed by atoms with Crippen molar-refractivity contribution in [3.8, 4) is 0 Å². The van der Waals surface area contributed by atoms with Crippen molar-refractivity contribution in [1.82, 2.24) is 5.32 Å². The van der Waals surface area contributed by atoms with Crippen LogP contribution in [0.4, 0.5) is 9.80 Å². The summed E-state index contributed by atoms with van der Waals surface area (Å²) in [4.78, 5) is 24.1. The lowest BCUT2D eigenvalue weighted by atomic mass is 9.81. The van der Waals surface area contributed by atoms with Gasteiger partial charge in [0.25, 0.3) is 0 Å².